The highest BCUT2D eigenvalue weighted by Crippen LogP contribution is 2.05. The van der Waals surface area contributed by atoms with Crippen LogP contribution in [0, 0.1) is 0 Å². The lowest BCUT2D eigenvalue weighted by Gasteiger charge is -2.06. The predicted octanol–water partition coefficient (Wildman–Crippen LogP) is -0.468. The third kappa shape index (κ3) is 4.30. The smallest absolute Gasteiger partial charge is 0.269 e. The highest BCUT2D eigenvalue weighted by Gasteiger charge is 2.10. The largest absolute Gasteiger partial charge is 0.350 e. The van der Waals surface area contributed by atoms with Gasteiger partial charge in [-0.3, -0.25) is 15.6 Å². The summed E-state index contributed by atoms with van der Waals surface area (Å²) in [5.74, 6) is 4.76. The molecule has 1 rings (SSSR count). The summed E-state index contributed by atoms with van der Waals surface area (Å²) in [6.07, 6.45) is 1.44. The maximum Gasteiger partial charge on any atom is 0.269 e. The molecule has 18 heavy (non-hydrogen) atoms. The summed E-state index contributed by atoms with van der Waals surface area (Å²) in [6, 6.07) is 3.09. The van der Waals surface area contributed by atoms with Gasteiger partial charge in [-0.25, -0.2) is 8.42 Å². The average molecular weight is 272 g/mol. The van der Waals surface area contributed by atoms with Crippen LogP contribution in [0.4, 0.5) is 5.69 Å². The minimum Gasteiger partial charge on any atom is -0.350 e. The number of anilines is 1. The molecule has 0 spiro atoms. The number of nitrogen functional groups attached to an aromatic ring is 1. The van der Waals surface area contributed by atoms with Crippen molar-refractivity contribution < 1.29 is 13.2 Å². The molecule has 7 nitrogen and oxygen atoms in total. The molecular formula is C10H16N4O3S. The normalized spacial score (nSPS) is 11.0. The van der Waals surface area contributed by atoms with Crippen LogP contribution in [-0.2, 0) is 9.84 Å². The van der Waals surface area contributed by atoms with E-state index in [1.165, 1.54) is 12.3 Å². The zero-order chi connectivity index (χ0) is 13.6. The fourth-order valence-electron chi connectivity index (χ4n) is 1.20. The van der Waals surface area contributed by atoms with Gasteiger partial charge in [0, 0.05) is 18.5 Å². The fraction of sp³-hybridized carbons (Fsp3) is 0.400. The molecule has 1 heterocycles. The summed E-state index contributed by atoms with van der Waals surface area (Å²) in [7, 11) is -3.08. The van der Waals surface area contributed by atoms with E-state index in [2.05, 4.69) is 15.7 Å². The molecule has 0 unspecified atom stereocenters. The molecule has 0 radical (unpaired) electrons. The van der Waals surface area contributed by atoms with Crippen molar-refractivity contribution in [2.45, 2.75) is 6.92 Å². The summed E-state index contributed by atoms with van der Waals surface area (Å²) in [4.78, 5) is 15.5. The first kappa shape index (κ1) is 14.4. The molecule has 4 N–H and O–H groups in total. The number of rotatable bonds is 6. The van der Waals surface area contributed by atoms with Gasteiger partial charge in [0.15, 0.2) is 9.84 Å². The number of pyridine rings is 1. The molecule has 1 aromatic heterocycles. The SMILES string of the molecule is CCS(=O)(=O)CCNC(=O)c1cc(NN)ccn1. The van der Waals surface area contributed by atoms with Gasteiger partial charge in [0.25, 0.3) is 5.91 Å². The molecule has 0 aromatic carbocycles. The summed E-state index contributed by atoms with van der Waals surface area (Å²) >= 11 is 0. The fourth-order valence-corrected chi connectivity index (χ4v) is 1.90. The number of carbonyl (C=O) groups is 1. The Labute approximate surface area is 106 Å². The van der Waals surface area contributed by atoms with Crippen LogP contribution in [0.3, 0.4) is 0 Å². The first-order valence-electron chi connectivity index (χ1n) is 5.40. The van der Waals surface area contributed by atoms with Gasteiger partial charge < -0.3 is 10.7 Å². The summed E-state index contributed by atoms with van der Waals surface area (Å²) in [5, 5.41) is 2.49. The highest BCUT2D eigenvalue weighted by atomic mass is 32.2. The zero-order valence-corrected chi connectivity index (χ0v) is 10.8. The molecule has 0 aliphatic heterocycles. The molecule has 0 aliphatic rings. The maximum atomic E-state index is 11.6. The number of amides is 1. The Kier molecular flexibility index (Phi) is 5.05. The lowest BCUT2D eigenvalue weighted by Crippen LogP contribution is -2.30. The minimum atomic E-state index is -3.08. The van der Waals surface area contributed by atoms with E-state index in [-0.39, 0.29) is 23.7 Å². The van der Waals surface area contributed by atoms with Gasteiger partial charge >= 0.3 is 0 Å². The number of carbonyl (C=O) groups excluding carboxylic acids is 1. The van der Waals surface area contributed by atoms with Gasteiger partial charge in [-0.2, -0.15) is 0 Å². The van der Waals surface area contributed by atoms with Gasteiger partial charge in [-0.05, 0) is 12.1 Å². The van der Waals surface area contributed by atoms with Crippen molar-refractivity contribution in [3.63, 3.8) is 0 Å². The molecule has 0 bridgehead atoms. The van der Waals surface area contributed by atoms with Crippen molar-refractivity contribution in [3.05, 3.63) is 24.0 Å². The Hall–Kier alpha value is -1.67. The van der Waals surface area contributed by atoms with Crippen LogP contribution in [0.2, 0.25) is 0 Å². The quantitative estimate of drug-likeness (QED) is 0.476. The number of nitrogens with zero attached hydrogens (tertiary/aromatic N) is 1. The number of sulfone groups is 1. The molecule has 0 atom stereocenters. The van der Waals surface area contributed by atoms with Gasteiger partial charge in [-0.1, -0.05) is 6.92 Å². The van der Waals surface area contributed by atoms with E-state index in [1.807, 2.05) is 0 Å². The molecular weight excluding hydrogens is 256 g/mol. The Morgan fingerprint density at radius 3 is 2.83 bits per heavy atom. The van der Waals surface area contributed by atoms with Gasteiger partial charge in [0.05, 0.1) is 11.4 Å². The van der Waals surface area contributed by atoms with Crippen molar-refractivity contribution in [2.75, 3.05) is 23.5 Å². The lowest BCUT2D eigenvalue weighted by atomic mass is 10.3. The number of hydrogen-bond donors (Lipinski definition) is 3. The predicted molar refractivity (Wildman–Crippen MR) is 68.7 cm³/mol. The molecule has 0 aliphatic carbocycles. The molecule has 0 saturated carbocycles. The van der Waals surface area contributed by atoms with Crippen molar-refractivity contribution in [2.24, 2.45) is 5.84 Å². The van der Waals surface area contributed by atoms with E-state index >= 15 is 0 Å². The topological polar surface area (TPSA) is 114 Å². The maximum absolute atomic E-state index is 11.6. The molecule has 1 aromatic rings. The van der Waals surface area contributed by atoms with Crippen LogP contribution in [0.5, 0.6) is 0 Å². The van der Waals surface area contributed by atoms with Crippen LogP contribution in [-0.4, -0.2) is 37.4 Å². The second kappa shape index (κ2) is 6.31. The first-order chi connectivity index (χ1) is 8.48. The van der Waals surface area contributed by atoms with Crippen molar-refractivity contribution >= 4 is 21.4 Å². The Bertz CT molecular complexity index is 516. The van der Waals surface area contributed by atoms with Crippen molar-refractivity contribution in [1.29, 1.82) is 0 Å². The zero-order valence-electron chi connectivity index (χ0n) is 10.0. The van der Waals surface area contributed by atoms with E-state index in [4.69, 9.17) is 5.84 Å². The van der Waals surface area contributed by atoms with E-state index in [0.29, 0.717) is 5.69 Å². The second-order valence-corrected chi connectivity index (χ2v) is 6.04. The summed E-state index contributed by atoms with van der Waals surface area (Å²) < 4.78 is 22.4. The Morgan fingerprint density at radius 2 is 2.22 bits per heavy atom. The number of hydrogen-bond acceptors (Lipinski definition) is 6. The van der Waals surface area contributed by atoms with Crippen LogP contribution >= 0.6 is 0 Å². The Balaban J connectivity index is 2.55. The van der Waals surface area contributed by atoms with Gasteiger partial charge in [-0.15, -0.1) is 0 Å². The van der Waals surface area contributed by atoms with Crippen molar-refractivity contribution in [3.8, 4) is 0 Å². The molecule has 0 saturated heterocycles. The third-order valence-electron chi connectivity index (χ3n) is 2.30. The Morgan fingerprint density at radius 1 is 1.50 bits per heavy atom. The molecule has 8 heteroatoms. The number of nitrogens with one attached hydrogen (secondary N) is 2. The van der Waals surface area contributed by atoms with Crippen LogP contribution in [0.25, 0.3) is 0 Å². The number of aromatic nitrogens is 1. The number of nitrogens with two attached hydrogens (primary N) is 1. The van der Waals surface area contributed by atoms with E-state index < -0.39 is 15.7 Å². The van der Waals surface area contributed by atoms with Gasteiger partial charge in [0.1, 0.15) is 5.69 Å². The third-order valence-corrected chi connectivity index (χ3v) is 4.00. The van der Waals surface area contributed by atoms with E-state index in [0.717, 1.165) is 0 Å². The van der Waals surface area contributed by atoms with Crippen LogP contribution < -0.4 is 16.6 Å². The van der Waals surface area contributed by atoms with E-state index in [1.54, 1.807) is 13.0 Å². The molecule has 1 amide bonds. The average Bonchev–Trinajstić information content (AvgIpc) is 2.38. The number of hydrazine groups is 1. The van der Waals surface area contributed by atoms with E-state index in [9.17, 15) is 13.2 Å². The summed E-state index contributed by atoms with van der Waals surface area (Å²) in [6.45, 7) is 1.63. The first-order valence-corrected chi connectivity index (χ1v) is 7.22. The monoisotopic (exact) mass is 272 g/mol. The standard InChI is InChI=1S/C10H16N4O3S/c1-2-18(16,17)6-5-13-10(15)9-7-8(14-11)3-4-12-9/h3-4,7H,2,5-6,11H2,1H3,(H,12,14)(H,13,15). The highest BCUT2D eigenvalue weighted by molar-refractivity contribution is 7.91. The second-order valence-electron chi connectivity index (χ2n) is 3.57. The van der Waals surface area contributed by atoms with Gasteiger partial charge in [0.2, 0.25) is 0 Å². The lowest BCUT2D eigenvalue weighted by molar-refractivity contribution is 0.0951. The minimum absolute atomic E-state index is 0.0632. The van der Waals surface area contributed by atoms with Crippen LogP contribution in [0.15, 0.2) is 18.3 Å². The van der Waals surface area contributed by atoms with Crippen LogP contribution in [0.1, 0.15) is 17.4 Å². The summed E-state index contributed by atoms with van der Waals surface area (Å²) in [5.41, 5.74) is 3.13. The molecule has 100 valence electrons. The van der Waals surface area contributed by atoms with Crippen molar-refractivity contribution in [1.82, 2.24) is 10.3 Å². The molecule has 0 fully saturated rings.